The van der Waals surface area contributed by atoms with E-state index in [0.29, 0.717) is 10.6 Å². The quantitative estimate of drug-likeness (QED) is 0.559. The summed E-state index contributed by atoms with van der Waals surface area (Å²) in [6, 6.07) is 13.7. The van der Waals surface area contributed by atoms with Crippen molar-refractivity contribution in [1.82, 2.24) is 19.7 Å². The molecule has 0 unspecified atom stereocenters. The van der Waals surface area contributed by atoms with Crippen LogP contribution in [-0.4, -0.2) is 65.9 Å². The number of aromatic amines is 1. The van der Waals surface area contributed by atoms with Crippen LogP contribution in [0.15, 0.2) is 42.5 Å². The number of piperazine rings is 1. The van der Waals surface area contributed by atoms with Gasteiger partial charge in [-0.15, -0.1) is 0 Å². The maximum absolute atomic E-state index is 12.8. The topological polar surface area (TPSA) is 78.4 Å². The highest BCUT2D eigenvalue weighted by Gasteiger charge is 2.16. The number of carbonyl (C=O) groups excluding carboxylic acids is 1. The zero-order chi connectivity index (χ0) is 22.7. The molecule has 9 heteroatoms. The summed E-state index contributed by atoms with van der Waals surface area (Å²) < 4.78 is 7.30. The fourth-order valence-corrected chi connectivity index (χ4v) is 4.00. The van der Waals surface area contributed by atoms with Gasteiger partial charge in [0.05, 0.1) is 7.11 Å². The smallest absolute Gasteiger partial charge is 0.244 e. The van der Waals surface area contributed by atoms with Crippen LogP contribution in [0.4, 0.5) is 11.4 Å². The van der Waals surface area contributed by atoms with Crippen LogP contribution in [0.3, 0.4) is 0 Å². The third kappa shape index (κ3) is 4.84. The van der Waals surface area contributed by atoms with Gasteiger partial charge in [-0.3, -0.25) is 14.5 Å². The van der Waals surface area contributed by atoms with Crippen molar-refractivity contribution >= 4 is 29.5 Å². The minimum atomic E-state index is -0.160. The molecule has 4 rings (SSSR count). The van der Waals surface area contributed by atoms with Crippen LogP contribution >= 0.6 is 12.2 Å². The number of aryl methyl sites for hydroxylation is 1. The molecule has 0 bridgehead atoms. The average Bonchev–Trinajstić information content (AvgIpc) is 3.15. The molecule has 1 saturated heterocycles. The first kappa shape index (κ1) is 22.0. The Balaban J connectivity index is 1.46. The minimum absolute atomic E-state index is 0.0658. The number of benzene rings is 2. The summed E-state index contributed by atoms with van der Waals surface area (Å²) in [4.78, 5) is 17.5. The Hall–Kier alpha value is -3.17. The zero-order valence-corrected chi connectivity index (χ0v) is 19.4. The standard InChI is InChI=1S/C23H28N6O2S/c1-16-14-18(28-12-10-27(2)11-13-28)6-9-20(16)24-21(30)15-29-22(25-26-23(29)32)17-4-7-19(31-3)8-5-17/h4-9,14H,10-13,15H2,1-3H3,(H,24,30)(H,26,32). The lowest BCUT2D eigenvalue weighted by molar-refractivity contribution is -0.116. The van der Waals surface area contributed by atoms with Crippen LogP contribution in [0, 0.1) is 11.7 Å². The summed E-state index contributed by atoms with van der Waals surface area (Å²) in [7, 11) is 3.77. The average molecular weight is 453 g/mol. The van der Waals surface area contributed by atoms with Crippen molar-refractivity contribution in [2.75, 3.05) is 50.6 Å². The number of aromatic nitrogens is 3. The zero-order valence-electron chi connectivity index (χ0n) is 18.6. The molecule has 1 aliphatic rings. The minimum Gasteiger partial charge on any atom is -0.497 e. The van der Waals surface area contributed by atoms with Gasteiger partial charge in [0.1, 0.15) is 12.3 Å². The fraction of sp³-hybridized carbons (Fsp3) is 0.348. The van der Waals surface area contributed by atoms with E-state index in [0.717, 1.165) is 48.7 Å². The van der Waals surface area contributed by atoms with E-state index in [1.807, 2.05) is 37.3 Å². The maximum atomic E-state index is 12.8. The van der Waals surface area contributed by atoms with Crippen molar-refractivity contribution in [2.24, 2.45) is 0 Å². The summed E-state index contributed by atoms with van der Waals surface area (Å²) in [5.41, 5.74) is 3.86. The molecule has 0 aliphatic carbocycles. The summed E-state index contributed by atoms with van der Waals surface area (Å²) in [5.74, 6) is 1.20. The van der Waals surface area contributed by atoms with Crippen molar-refractivity contribution in [2.45, 2.75) is 13.5 Å². The van der Waals surface area contributed by atoms with E-state index >= 15 is 0 Å². The number of amides is 1. The van der Waals surface area contributed by atoms with E-state index in [2.05, 4.69) is 44.5 Å². The van der Waals surface area contributed by atoms with Crippen molar-refractivity contribution < 1.29 is 9.53 Å². The molecule has 0 atom stereocenters. The molecule has 32 heavy (non-hydrogen) atoms. The second-order valence-electron chi connectivity index (χ2n) is 8.00. The van der Waals surface area contributed by atoms with Gasteiger partial charge in [0, 0.05) is 43.1 Å². The monoisotopic (exact) mass is 452 g/mol. The number of methoxy groups -OCH3 is 1. The number of nitrogens with zero attached hydrogens (tertiary/aromatic N) is 4. The number of hydrogen-bond donors (Lipinski definition) is 2. The van der Waals surface area contributed by atoms with Crippen molar-refractivity contribution in [3.8, 4) is 17.1 Å². The first-order valence-electron chi connectivity index (χ1n) is 10.6. The van der Waals surface area contributed by atoms with Gasteiger partial charge in [0.25, 0.3) is 0 Å². The molecule has 0 saturated carbocycles. The molecule has 1 amide bonds. The SMILES string of the molecule is COc1ccc(-c2n[nH]c(=S)n2CC(=O)Nc2ccc(N3CCN(C)CC3)cc2C)cc1. The molecule has 3 aromatic rings. The summed E-state index contributed by atoms with van der Waals surface area (Å²) >= 11 is 5.36. The van der Waals surface area contributed by atoms with Gasteiger partial charge < -0.3 is 19.9 Å². The van der Waals surface area contributed by atoms with Crippen LogP contribution < -0.4 is 15.0 Å². The maximum Gasteiger partial charge on any atom is 0.244 e. The van der Waals surface area contributed by atoms with E-state index in [1.165, 1.54) is 5.69 Å². The van der Waals surface area contributed by atoms with E-state index in [1.54, 1.807) is 11.7 Å². The van der Waals surface area contributed by atoms with Gasteiger partial charge >= 0.3 is 0 Å². The van der Waals surface area contributed by atoms with E-state index in [-0.39, 0.29) is 12.5 Å². The third-order valence-electron chi connectivity index (χ3n) is 5.76. The molecular formula is C23H28N6O2S. The Morgan fingerprint density at radius 2 is 1.88 bits per heavy atom. The van der Waals surface area contributed by atoms with Gasteiger partial charge in [-0.1, -0.05) is 0 Å². The molecule has 168 valence electrons. The van der Waals surface area contributed by atoms with Gasteiger partial charge in [-0.25, -0.2) is 0 Å². The number of H-pyrrole nitrogens is 1. The Morgan fingerprint density at radius 3 is 2.53 bits per heavy atom. The van der Waals surface area contributed by atoms with E-state index in [9.17, 15) is 4.79 Å². The molecule has 2 N–H and O–H groups in total. The number of carbonyl (C=O) groups is 1. The molecule has 0 spiro atoms. The Morgan fingerprint density at radius 1 is 1.16 bits per heavy atom. The Kier molecular flexibility index (Phi) is 6.57. The lowest BCUT2D eigenvalue weighted by atomic mass is 10.1. The lowest BCUT2D eigenvalue weighted by Crippen LogP contribution is -2.44. The van der Waals surface area contributed by atoms with Crippen molar-refractivity contribution in [3.63, 3.8) is 0 Å². The summed E-state index contributed by atoms with van der Waals surface area (Å²) in [5, 5.41) is 10.1. The van der Waals surface area contributed by atoms with Gasteiger partial charge in [0.15, 0.2) is 10.6 Å². The van der Waals surface area contributed by atoms with Crippen LogP contribution in [0.2, 0.25) is 0 Å². The highest BCUT2D eigenvalue weighted by molar-refractivity contribution is 7.71. The van der Waals surface area contributed by atoms with Crippen LogP contribution in [0.25, 0.3) is 11.4 Å². The predicted molar refractivity (Wildman–Crippen MR) is 129 cm³/mol. The molecule has 1 aliphatic heterocycles. The molecular weight excluding hydrogens is 424 g/mol. The largest absolute Gasteiger partial charge is 0.497 e. The third-order valence-corrected chi connectivity index (χ3v) is 6.07. The Labute approximate surface area is 192 Å². The van der Waals surface area contributed by atoms with Gasteiger partial charge in [0.2, 0.25) is 5.91 Å². The number of hydrogen-bond acceptors (Lipinski definition) is 6. The normalized spacial score (nSPS) is 14.4. The summed E-state index contributed by atoms with van der Waals surface area (Å²) in [6.07, 6.45) is 0. The second kappa shape index (κ2) is 9.54. The predicted octanol–water partition coefficient (Wildman–Crippen LogP) is 3.32. The molecule has 1 fully saturated rings. The highest BCUT2D eigenvalue weighted by Crippen LogP contribution is 2.24. The van der Waals surface area contributed by atoms with E-state index < -0.39 is 0 Å². The molecule has 0 radical (unpaired) electrons. The van der Waals surface area contributed by atoms with E-state index in [4.69, 9.17) is 17.0 Å². The first-order valence-corrected chi connectivity index (χ1v) is 11.0. The molecule has 2 aromatic carbocycles. The number of rotatable bonds is 6. The molecule has 1 aromatic heterocycles. The van der Waals surface area contributed by atoms with Gasteiger partial charge in [-0.2, -0.15) is 5.10 Å². The first-order chi connectivity index (χ1) is 15.4. The highest BCUT2D eigenvalue weighted by atomic mass is 32.1. The number of ether oxygens (including phenoxy) is 1. The molecule has 8 nitrogen and oxygen atoms in total. The number of anilines is 2. The second-order valence-corrected chi connectivity index (χ2v) is 8.39. The lowest BCUT2D eigenvalue weighted by Gasteiger charge is -2.34. The summed E-state index contributed by atoms with van der Waals surface area (Å²) in [6.45, 7) is 6.21. The van der Waals surface area contributed by atoms with Crippen LogP contribution in [0.1, 0.15) is 5.56 Å². The van der Waals surface area contributed by atoms with Crippen LogP contribution in [0.5, 0.6) is 5.75 Å². The Bertz CT molecular complexity index is 1150. The van der Waals surface area contributed by atoms with Gasteiger partial charge in [-0.05, 0) is 74.2 Å². The molecule has 2 heterocycles. The number of nitrogens with one attached hydrogen (secondary N) is 2. The van der Waals surface area contributed by atoms with Crippen molar-refractivity contribution in [1.29, 1.82) is 0 Å². The van der Waals surface area contributed by atoms with Crippen LogP contribution in [-0.2, 0) is 11.3 Å². The fourth-order valence-electron chi connectivity index (χ4n) is 3.81. The number of likely N-dealkylation sites (N-methyl/N-ethyl adjacent to an activating group) is 1. The van der Waals surface area contributed by atoms with Crippen molar-refractivity contribution in [3.05, 3.63) is 52.8 Å².